The van der Waals surface area contributed by atoms with Crippen LogP contribution in [0.5, 0.6) is 0 Å². The summed E-state index contributed by atoms with van der Waals surface area (Å²) in [6.45, 7) is 8.06. The number of pyridine rings is 1. The highest BCUT2D eigenvalue weighted by atomic mass is 16.3. The maximum absolute atomic E-state index is 13.2. The van der Waals surface area contributed by atoms with E-state index in [1.54, 1.807) is 42.8 Å². The fourth-order valence-electron chi connectivity index (χ4n) is 4.19. The Morgan fingerprint density at radius 3 is 2.73 bits per heavy atom. The number of allylic oxidation sites excluding steroid dienone is 1. The SMILES string of the molecule is C=CCn1c(=O)c2cnc(Nc3ccc4oc(CN(C)C)cc4c3)nc2n1-c1cccc(C(C)(C)O)n1. The average Bonchev–Trinajstić information content (AvgIpc) is 3.35. The molecule has 1 aromatic carbocycles. The molecule has 0 aliphatic rings. The molecule has 0 atom stereocenters. The van der Waals surface area contributed by atoms with Crippen LogP contribution in [0.25, 0.3) is 27.8 Å². The van der Waals surface area contributed by atoms with Gasteiger partial charge in [-0.15, -0.1) is 6.58 Å². The highest BCUT2D eigenvalue weighted by Crippen LogP contribution is 2.26. The third kappa shape index (κ3) is 4.76. The van der Waals surface area contributed by atoms with Gasteiger partial charge in [0.2, 0.25) is 5.95 Å². The number of anilines is 2. The summed E-state index contributed by atoms with van der Waals surface area (Å²) in [5, 5.41) is 15.0. The van der Waals surface area contributed by atoms with Gasteiger partial charge >= 0.3 is 0 Å². The predicted molar refractivity (Wildman–Crippen MR) is 143 cm³/mol. The second-order valence-corrected chi connectivity index (χ2v) is 9.69. The first-order valence-electron chi connectivity index (χ1n) is 11.9. The summed E-state index contributed by atoms with van der Waals surface area (Å²) in [7, 11) is 3.98. The second kappa shape index (κ2) is 9.30. The minimum atomic E-state index is -1.15. The lowest BCUT2D eigenvalue weighted by Crippen LogP contribution is -2.23. The van der Waals surface area contributed by atoms with Gasteiger partial charge in [0.05, 0.1) is 18.8 Å². The van der Waals surface area contributed by atoms with Crippen molar-refractivity contribution in [2.75, 3.05) is 19.4 Å². The van der Waals surface area contributed by atoms with Crippen molar-refractivity contribution in [2.45, 2.75) is 32.5 Å². The number of aliphatic hydroxyl groups is 1. The van der Waals surface area contributed by atoms with Gasteiger partial charge in [0, 0.05) is 17.3 Å². The zero-order valence-corrected chi connectivity index (χ0v) is 21.3. The predicted octanol–water partition coefficient (Wildman–Crippen LogP) is 3.94. The van der Waals surface area contributed by atoms with Gasteiger partial charge in [0.15, 0.2) is 11.5 Å². The molecule has 5 rings (SSSR count). The Balaban J connectivity index is 1.58. The van der Waals surface area contributed by atoms with E-state index >= 15 is 0 Å². The Morgan fingerprint density at radius 1 is 1.19 bits per heavy atom. The number of fused-ring (bicyclic) bond motifs is 2. The molecular formula is C27H29N7O3. The van der Waals surface area contributed by atoms with Gasteiger partial charge in [-0.2, -0.15) is 4.98 Å². The molecule has 0 unspecified atom stereocenters. The van der Waals surface area contributed by atoms with Gasteiger partial charge in [-0.3, -0.25) is 4.79 Å². The van der Waals surface area contributed by atoms with Gasteiger partial charge in [-0.05, 0) is 64.3 Å². The number of rotatable bonds is 8. The normalized spacial score (nSPS) is 12.1. The highest BCUT2D eigenvalue weighted by Gasteiger charge is 2.21. The van der Waals surface area contributed by atoms with E-state index in [1.165, 1.54) is 10.9 Å². The number of furan rings is 1. The first kappa shape index (κ1) is 24.4. The summed E-state index contributed by atoms with van der Waals surface area (Å²) in [5.41, 5.74) is 1.03. The van der Waals surface area contributed by atoms with Gasteiger partial charge in [0.25, 0.3) is 5.56 Å². The smallest absolute Gasteiger partial charge is 0.278 e. The number of hydrogen-bond acceptors (Lipinski definition) is 8. The van der Waals surface area contributed by atoms with E-state index in [-0.39, 0.29) is 12.1 Å². The molecule has 0 fully saturated rings. The number of nitrogens with zero attached hydrogens (tertiary/aromatic N) is 6. The van der Waals surface area contributed by atoms with E-state index < -0.39 is 5.60 Å². The molecule has 0 amide bonds. The fraction of sp³-hybridized carbons (Fsp3) is 0.259. The maximum atomic E-state index is 13.2. The Labute approximate surface area is 213 Å². The number of nitrogens with one attached hydrogen (secondary N) is 1. The minimum Gasteiger partial charge on any atom is -0.460 e. The fourth-order valence-corrected chi connectivity index (χ4v) is 4.19. The molecule has 190 valence electrons. The second-order valence-electron chi connectivity index (χ2n) is 9.69. The highest BCUT2D eigenvalue weighted by molar-refractivity contribution is 5.83. The van der Waals surface area contributed by atoms with Crippen molar-refractivity contribution in [2.24, 2.45) is 0 Å². The van der Waals surface area contributed by atoms with E-state index in [0.717, 1.165) is 22.4 Å². The van der Waals surface area contributed by atoms with E-state index in [2.05, 4.69) is 26.8 Å². The lowest BCUT2D eigenvalue weighted by atomic mass is 10.1. The molecule has 0 aliphatic carbocycles. The zero-order valence-electron chi connectivity index (χ0n) is 21.3. The Hall–Kier alpha value is -4.28. The zero-order chi connectivity index (χ0) is 26.3. The lowest BCUT2D eigenvalue weighted by molar-refractivity contribution is 0.0738. The quantitative estimate of drug-likeness (QED) is 0.309. The van der Waals surface area contributed by atoms with E-state index in [0.29, 0.717) is 35.0 Å². The molecule has 4 heterocycles. The monoisotopic (exact) mass is 499 g/mol. The maximum Gasteiger partial charge on any atom is 0.278 e. The van der Waals surface area contributed by atoms with E-state index in [4.69, 9.17) is 4.42 Å². The summed E-state index contributed by atoms with van der Waals surface area (Å²) in [5.74, 6) is 1.65. The van der Waals surface area contributed by atoms with Crippen LogP contribution in [0.2, 0.25) is 0 Å². The molecule has 0 aliphatic heterocycles. The van der Waals surface area contributed by atoms with Crippen LogP contribution in [0.4, 0.5) is 11.6 Å². The third-order valence-corrected chi connectivity index (χ3v) is 5.85. The largest absolute Gasteiger partial charge is 0.460 e. The number of aromatic nitrogens is 5. The molecule has 0 radical (unpaired) electrons. The molecular weight excluding hydrogens is 470 g/mol. The summed E-state index contributed by atoms with van der Waals surface area (Å²) >= 11 is 0. The van der Waals surface area contributed by atoms with Crippen LogP contribution in [0.15, 0.2) is 70.5 Å². The minimum absolute atomic E-state index is 0.249. The molecule has 4 aromatic heterocycles. The van der Waals surface area contributed by atoms with Crippen LogP contribution in [0.1, 0.15) is 25.3 Å². The van der Waals surface area contributed by atoms with Crippen LogP contribution in [-0.2, 0) is 18.7 Å². The van der Waals surface area contributed by atoms with E-state index in [1.807, 2.05) is 43.3 Å². The summed E-state index contributed by atoms with van der Waals surface area (Å²) in [6.07, 6.45) is 3.14. The van der Waals surface area contributed by atoms with Crippen LogP contribution < -0.4 is 10.9 Å². The number of hydrogen-bond donors (Lipinski definition) is 2. The third-order valence-electron chi connectivity index (χ3n) is 5.85. The lowest BCUT2D eigenvalue weighted by Gasteiger charge is -2.18. The molecule has 0 saturated carbocycles. The van der Waals surface area contributed by atoms with Gasteiger partial charge < -0.3 is 19.7 Å². The van der Waals surface area contributed by atoms with Crippen molar-refractivity contribution in [1.29, 1.82) is 0 Å². The first-order valence-corrected chi connectivity index (χ1v) is 11.9. The van der Waals surface area contributed by atoms with E-state index in [9.17, 15) is 9.90 Å². The Morgan fingerprint density at radius 2 is 2.00 bits per heavy atom. The van der Waals surface area contributed by atoms with Crippen molar-refractivity contribution >= 4 is 33.6 Å². The van der Waals surface area contributed by atoms with Crippen molar-refractivity contribution in [3.05, 3.63) is 83.1 Å². The van der Waals surface area contributed by atoms with Crippen molar-refractivity contribution in [1.82, 2.24) is 29.2 Å². The standard InChI is InChI=1S/C27H29N7O3/c1-6-12-33-25(35)20-15-28-26(29-18-10-11-21-17(13-18)14-19(37-21)16-32(4)5)31-24(20)34(33)23-9-7-8-22(30-23)27(2,3)36/h6-11,13-15,36H,1,12,16H2,2-5H3,(H,28,29,31). The van der Waals surface area contributed by atoms with Crippen LogP contribution in [-0.4, -0.2) is 48.4 Å². The first-order chi connectivity index (χ1) is 17.6. The topological polar surface area (TPSA) is 114 Å². The molecule has 10 heteroatoms. The molecule has 0 bridgehead atoms. The Bertz CT molecular complexity index is 1670. The van der Waals surface area contributed by atoms with Gasteiger partial charge in [-0.1, -0.05) is 12.1 Å². The van der Waals surface area contributed by atoms with Crippen LogP contribution in [0.3, 0.4) is 0 Å². The summed E-state index contributed by atoms with van der Waals surface area (Å²) in [6, 6.07) is 13.1. The van der Waals surface area contributed by atoms with Crippen molar-refractivity contribution < 1.29 is 9.52 Å². The summed E-state index contributed by atoms with van der Waals surface area (Å²) in [4.78, 5) is 28.9. The summed E-state index contributed by atoms with van der Waals surface area (Å²) < 4.78 is 9.03. The number of benzene rings is 1. The van der Waals surface area contributed by atoms with Gasteiger partial charge in [0.1, 0.15) is 22.3 Å². The van der Waals surface area contributed by atoms with Crippen LogP contribution >= 0.6 is 0 Å². The Kier molecular flexibility index (Phi) is 6.14. The molecule has 10 nitrogen and oxygen atoms in total. The average molecular weight is 500 g/mol. The molecule has 0 saturated heterocycles. The van der Waals surface area contributed by atoms with Gasteiger partial charge in [-0.25, -0.2) is 19.3 Å². The van der Waals surface area contributed by atoms with Crippen molar-refractivity contribution in [3.8, 4) is 5.82 Å². The molecule has 0 spiro atoms. The molecule has 2 N–H and O–H groups in total. The van der Waals surface area contributed by atoms with Crippen molar-refractivity contribution in [3.63, 3.8) is 0 Å². The molecule has 37 heavy (non-hydrogen) atoms. The molecule has 5 aromatic rings. The van der Waals surface area contributed by atoms with Crippen LogP contribution in [0, 0.1) is 0 Å².